The zero-order chi connectivity index (χ0) is 15.8. The summed E-state index contributed by atoms with van der Waals surface area (Å²) in [6.45, 7) is 12.1. The largest absolute Gasteiger partial charge is 0.0799 e. The number of allylic oxidation sites excluding steroid dienone is 4. The fourth-order valence-electron chi connectivity index (χ4n) is 5.69. The van der Waals surface area contributed by atoms with E-state index in [1.807, 2.05) is 0 Å². The Bertz CT molecular complexity index is 699. The monoisotopic (exact) mass is 292 g/mol. The van der Waals surface area contributed by atoms with E-state index in [0.29, 0.717) is 11.3 Å². The molecule has 0 heterocycles. The maximum atomic E-state index is 2.60. The average molecular weight is 292 g/mol. The summed E-state index contributed by atoms with van der Waals surface area (Å²) in [5.74, 6) is 0.681. The van der Waals surface area contributed by atoms with E-state index in [9.17, 15) is 0 Å². The lowest BCUT2D eigenvalue weighted by molar-refractivity contribution is 0.332. The Labute approximate surface area is 135 Å². The number of benzene rings is 1. The Balaban J connectivity index is 1.98. The quantitative estimate of drug-likeness (QED) is 0.556. The van der Waals surface area contributed by atoms with Crippen molar-refractivity contribution in [2.75, 3.05) is 0 Å². The van der Waals surface area contributed by atoms with Gasteiger partial charge in [0.2, 0.25) is 0 Å². The zero-order valence-electron chi connectivity index (χ0n) is 14.7. The Morgan fingerprint density at radius 1 is 0.864 bits per heavy atom. The van der Waals surface area contributed by atoms with Crippen LogP contribution < -0.4 is 0 Å². The highest BCUT2D eigenvalue weighted by Gasteiger charge is 2.58. The zero-order valence-corrected chi connectivity index (χ0v) is 14.7. The van der Waals surface area contributed by atoms with Gasteiger partial charge in [-0.3, -0.25) is 0 Å². The van der Waals surface area contributed by atoms with Gasteiger partial charge in [0.05, 0.1) is 0 Å². The van der Waals surface area contributed by atoms with Crippen LogP contribution in [0, 0.1) is 11.3 Å². The van der Waals surface area contributed by atoms with E-state index in [2.05, 4.69) is 71.0 Å². The van der Waals surface area contributed by atoms with Gasteiger partial charge in [-0.15, -0.1) is 0 Å². The van der Waals surface area contributed by atoms with Gasteiger partial charge in [0.25, 0.3) is 0 Å². The molecule has 2 atom stereocenters. The molecular weight excluding hydrogens is 264 g/mol. The van der Waals surface area contributed by atoms with Gasteiger partial charge < -0.3 is 0 Å². The van der Waals surface area contributed by atoms with Gasteiger partial charge in [0.1, 0.15) is 0 Å². The van der Waals surface area contributed by atoms with Crippen LogP contribution in [0.3, 0.4) is 0 Å². The molecule has 1 aromatic carbocycles. The first-order valence-electron chi connectivity index (χ1n) is 8.80. The molecule has 0 bridgehead atoms. The molecule has 4 rings (SSSR count). The lowest BCUT2D eigenvalue weighted by Gasteiger charge is -2.31. The molecule has 116 valence electrons. The van der Waals surface area contributed by atoms with Crippen LogP contribution in [0.5, 0.6) is 0 Å². The normalized spacial score (nSPS) is 34.1. The molecular formula is C22H28. The van der Waals surface area contributed by atoms with E-state index in [0.717, 1.165) is 0 Å². The molecule has 1 fully saturated rings. The fourth-order valence-corrected chi connectivity index (χ4v) is 5.69. The number of fused-ring (bicyclic) bond motifs is 4. The van der Waals surface area contributed by atoms with Crippen molar-refractivity contribution in [2.24, 2.45) is 11.3 Å². The van der Waals surface area contributed by atoms with Crippen LogP contribution in [-0.2, 0) is 10.8 Å². The number of hydrogen-bond donors (Lipinski definition) is 0. The number of rotatable bonds is 0. The summed E-state index contributed by atoms with van der Waals surface area (Å²) in [6, 6.07) is 9.23. The topological polar surface area (TPSA) is 0 Å². The third-order valence-corrected chi connectivity index (χ3v) is 6.34. The van der Waals surface area contributed by atoms with Gasteiger partial charge in [-0.25, -0.2) is 0 Å². The van der Waals surface area contributed by atoms with Gasteiger partial charge in [-0.05, 0) is 58.3 Å². The third kappa shape index (κ3) is 1.70. The third-order valence-electron chi connectivity index (χ3n) is 6.34. The van der Waals surface area contributed by atoms with Crippen molar-refractivity contribution in [1.29, 1.82) is 0 Å². The van der Waals surface area contributed by atoms with E-state index in [-0.39, 0.29) is 10.8 Å². The molecule has 2 unspecified atom stereocenters. The molecule has 0 amide bonds. The van der Waals surface area contributed by atoms with Gasteiger partial charge >= 0.3 is 0 Å². The highest BCUT2D eigenvalue weighted by molar-refractivity contribution is 5.61. The first-order chi connectivity index (χ1) is 10.3. The summed E-state index contributed by atoms with van der Waals surface area (Å²) in [5.41, 5.74) is 7.32. The predicted octanol–water partition coefficient (Wildman–Crippen LogP) is 5.93. The van der Waals surface area contributed by atoms with Crippen molar-refractivity contribution in [3.63, 3.8) is 0 Å². The summed E-state index contributed by atoms with van der Waals surface area (Å²) >= 11 is 0. The summed E-state index contributed by atoms with van der Waals surface area (Å²) in [6.07, 6.45) is 8.89. The molecule has 0 N–H and O–H groups in total. The van der Waals surface area contributed by atoms with E-state index >= 15 is 0 Å². The molecule has 0 saturated heterocycles. The fraction of sp³-hybridized carbons (Fsp3) is 0.545. The molecule has 0 nitrogen and oxygen atoms in total. The van der Waals surface area contributed by atoms with Crippen molar-refractivity contribution in [3.8, 4) is 0 Å². The summed E-state index contributed by atoms with van der Waals surface area (Å²) in [5, 5.41) is 0. The molecule has 1 aromatic rings. The minimum Gasteiger partial charge on any atom is -0.0799 e. The van der Waals surface area contributed by atoms with Gasteiger partial charge in [0, 0.05) is 5.41 Å². The lowest BCUT2D eigenvalue weighted by Crippen LogP contribution is -2.26. The Morgan fingerprint density at radius 2 is 1.50 bits per heavy atom. The summed E-state index contributed by atoms with van der Waals surface area (Å²) < 4.78 is 0. The minimum atomic E-state index is 0.254. The first-order valence-corrected chi connectivity index (χ1v) is 8.80. The molecule has 1 spiro atoms. The Kier molecular flexibility index (Phi) is 2.70. The smallest absolute Gasteiger partial charge is 0.0222 e. The maximum Gasteiger partial charge on any atom is 0.0222 e. The molecule has 3 aliphatic rings. The predicted molar refractivity (Wildman–Crippen MR) is 94.1 cm³/mol. The van der Waals surface area contributed by atoms with Crippen LogP contribution in [0.4, 0.5) is 0 Å². The van der Waals surface area contributed by atoms with Crippen LogP contribution in [0.2, 0.25) is 0 Å². The molecule has 0 heteroatoms. The second kappa shape index (κ2) is 4.16. The van der Waals surface area contributed by atoms with Crippen LogP contribution >= 0.6 is 0 Å². The first kappa shape index (κ1) is 14.3. The van der Waals surface area contributed by atoms with Crippen LogP contribution in [0.25, 0.3) is 0 Å². The SMILES string of the molecule is CC1C=C2C(=CC1)C(C)(C)CC21CC(C)(C)c2ccccc21. The van der Waals surface area contributed by atoms with Crippen molar-refractivity contribution < 1.29 is 0 Å². The van der Waals surface area contributed by atoms with Gasteiger partial charge in [-0.2, -0.15) is 0 Å². The molecule has 0 aliphatic heterocycles. The second-order valence-electron chi connectivity index (χ2n) is 9.16. The molecule has 3 aliphatic carbocycles. The summed E-state index contributed by atoms with van der Waals surface area (Å²) in [7, 11) is 0. The van der Waals surface area contributed by atoms with Gasteiger partial charge in [-0.1, -0.05) is 71.0 Å². The van der Waals surface area contributed by atoms with Crippen molar-refractivity contribution in [3.05, 3.63) is 58.7 Å². The summed E-state index contributed by atoms with van der Waals surface area (Å²) in [4.78, 5) is 0. The molecule has 0 radical (unpaired) electrons. The Morgan fingerprint density at radius 3 is 2.23 bits per heavy atom. The average Bonchev–Trinajstić information content (AvgIpc) is 2.80. The number of hydrogen-bond acceptors (Lipinski definition) is 0. The van der Waals surface area contributed by atoms with E-state index in [1.165, 1.54) is 19.3 Å². The van der Waals surface area contributed by atoms with Crippen molar-refractivity contribution in [2.45, 2.75) is 64.7 Å². The van der Waals surface area contributed by atoms with E-state index in [1.54, 1.807) is 22.3 Å². The van der Waals surface area contributed by atoms with Crippen LogP contribution in [0.15, 0.2) is 47.6 Å². The molecule has 22 heavy (non-hydrogen) atoms. The van der Waals surface area contributed by atoms with Crippen LogP contribution in [0.1, 0.15) is 65.0 Å². The van der Waals surface area contributed by atoms with E-state index in [4.69, 9.17) is 0 Å². The second-order valence-corrected chi connectivity index (χ2v) is 9.16. The van der Waals surface area contributed by atoms with Crippen molar-refractivity contribution >= 4 is 0 Å². The standard InChI is InChI=1S/C22H28/c1-15-10-11-17-19(12-15)22(14-21(17,4)5)13-20(2,3)16-8-6-7-9-18(16)22/h6-9,11-12,15H,10,13-14H2,1-5H3. The highest BCUT2D eigenvalue weighted by atomic mass is 14.6. The highest BCUT2D eigenvalue weighted by Crippen LogP contribution is 2.66. The van der Waals surface area contributed by atoms with E-state index < -0.39 is 0 Å². The molecule has 1 saturated carbocycles. The minimum absolute atomic E-state index is 0.254. The molecule has 0 aromatic heterocycles. The maximum absolute atomic E-state index is 2.60. The van der Waals surface area contributed by atoms with Crippen molar-refractivity contribution in [1.82, 2.24) is 0 Å². The van der Waals surface area contributed by atoms with Gasteiger partial charge in [0.15, 0.2) is 0 Å². The Hall–Kier alpha value is -1.30. The van der Waals surface area contributed by atoms with Crippen LogP contribution in [-0.4, -0.2) is 0 Å². The lowest BCUT2D eigenvalue weighted by atomic mass is 9.72.